The molecule has 3 heterocycles. The lowest BCUT2D eigenvalue weighted by molar-refractivity contribution is -0.0222. The smallest absolute Gasteiger partial charge is 0.142 e. The second-order valence-corrected chi connectivity index (χ2v) is 9.06. The summed E-state index contributed by atoms with van der Waals surface area (Å²) in [6, 6.07) is 8.51. The number of likely N-dealkylation sites (tertiary alicyclic amines) is 1. The lowest BCUT2D eigenvalue weighted by Crippen LogP contribution is -2.58. The predicted molar refractivity (Wildman–Crippen MR) is 121 cm³/mol. The molecule has 8 nitrogen and oxygen atoms in total. The number of aliphatic hydroxyl groups excluding tert-OH is 2. The molecule has 3 N–H and O–H groups in total. The van der Waals surface area contributed by atoms with Crippen molar-refractivity contribution in [3.8, 4) is 5.75 Å². The van der Waals surface area contributed by atoms with Crippen molar-refractivity contribution >= 4 is 5.69 Å². The second kappa shape index (κ2) is 10.5. The molecule has 0 saturated carbocycles. The molecule has 1 aromatic rings. The van der Waals surface area contributed by atoms with Gasteiger partial charge in [-0.3, -0.25) is 4.90 Å². The fourth-order valence-electron chi connectivity index (χ4n) is 5.24. The molecule has 0 unspecified atom stereocenters. The Hall–Kier alpha value is -1.42. The van der Waals surface area contributed by atoms with Gasteiger partial charge >= 0.3 is 0 Å². The summed E-state index contributed by atoms with van der Waals surface area (Å²) in [5.74, 6) is 0.890. The van der Waals surface area contributed by atoms with Gasteiger partial charge < -0.3 is 34.8 Å². The minimum Gasteiger partial charge on any atom is -0.495 e. The van der Waals surface area contributed by atoms with Crippen molar-refractivity contribution in [2.24, 2.45) is 0 Å². The van der Waals surface area contributed by atoms with E-state index < -0.39 is 12.2 Å². The van der Waals surface area contributed by atoms with Crippen LogP contribution in [-0.2, 0) is 4.74 Å². The molecule has 3 aliphatic rings. The summed E-state index contributed by atoms with van der Waals surface area (Å²) in [5.41, 5.74) is 1.11. The molecule has 1 aromatic carbocycles. The van der Waals surface area contributed by atoms with Crippen LogP contribution in [0.3, 0.4) is 0 Å². The molecule has 8 heteroatoms. The van der Waals surface area contributed by atoms with Crippen molar-refractivity contribution in [2.45, 2.75) is 43.2 Å². The summed E-state index contributed by atoms with van der Waals surface area (Å²) in [7, 11) is 3.87. The molecule has 3 aliphatic heterocycles. The van der Waals surface area contributed by atoms with Gasteiger partial charge in [-0.2, -0.15) is 0 Å². The molecule has 0 spiro atoms. The van der Waals surface area contributed by atoms with E-state index in [0.29, 0.717) is 12.6 Å². The Kier molecular flexibility index (Phi) is 7.68. The Morgan fingerprint density at radius 3 is 2.45 bits per heavy atom. The van der Waals surface area contributed by atoms with Crippen LogP contribution in [0.1, 0.15) is 12.8 Å². The third-order valence-electron chi connectivity index (χ3n) is 7.13. The van der Waals surface area contributed by atoms with Gasteiger partial charge in [0.05, 0.1) is 31.5 Å². The molecule has 174 valence electrons. The highest BCUT2D eigenvalue weighted by Crippen LogP contribution is 2.31. The number of benzene rings is 1. The highest BCUT2D eigenvalue weighted by atomic mass is 16.5. The van der Waals surface area contributed by atoms with E-state index in [2.05, 4.69) is 33.1 Å². The topological polar surface area (TPSA) is 80.7 Å². The monoisotopic (exact) mass is 434 g/mol. The van der Waals surface area contributed by atoms with Crippen LogP contribution in [0.15, 0.2) is 24.3 Å². The lowest BCUT2D eigenvalue weighted by Gasteiger charge is -2.41. The molecule has 31 heavy (non-hydrogen) atoms. The first kappa shape index (κ1) is 22.8. The van der Waals surface area contributed by atoms with Gasteiger partial charge in [-0.25, -0.2) is 0 Å². The van der Waals surface area contributed by atoms with Crippen molar-refractivity contribution in [1.29, 1.82) is 0 Å². The highest BCUT2D eigenvalue weighted by Gasteiger charge is 2.46. The number of nitrogens with zero attached hydrogens (tertiary/aromatic N) is 3. The Morgan fingerprint density at radius 1 is 1.06 bits per heavy atom. The molecular formula is C23H38N4O4. The number of para-hydroxylation sites is 2. The maximum absolute atomic E-state index is 10.9. The van der Waals surface area contributed by atoms with Crippen LogP contribution in [-0.4, -0.2) is 117 Å². The van der Waals surface area contributed by atoms with Crippen molar-refractivity contribution in [3.05, 3.63) is 24.3 Å². The van der Waals surface area contributed by atoms with Crippen molar-refractivity contribution in [3.63, 3.8) is 0 Å². The van der Waals surface area contributed by atoms with E-state index in [1.54, 1.807) is 7.11 Å². The number of nitrogens with one attached hydrogen (secondary N) is 1. The number of ether oxygens (including phenoxy) is 2. The van der Waals surface area contributed by atoms with Crippen LogP contribution in [0.2, 0.25) is 0 Å². The van der Waals surface area contributed by atoms with Crippen LogP contribution in [0.5, 0.6) is 5.75 Å². The minimum atomic E-state index is -0.674. The van der Waals surface area contributed by atoms with E-state index in [1.807, 2.05) is 18.2 Å². The zero-order valence-corrected chi connectivity index (χ0v) is 18.8. The summed E-state index contributed by atoms with van der Waals surface area (Å²) in [4.78, 5) is 7.04. The molecule has 3 fully saturated rings. The Morgan fingerprint density at radius 2 is 1.77 bits per heavy atom. The first-order valence-electron chi connectivity index (χ1n) is 11.6. The SMILES string of the molecule is COc1ccccc1N1CCN([C@@H]2[C@H](O)[C@H](CO)O[C@@H]2CNC2CCN(C)CC2)CC1. The summed E-state index contributed by atoms with van der Waals surface area (Å²) in [5, 5.41) is 24.3. The van der Waals surface area contributed by atoms with Gasteiger partial charge in [0.15, 0.2) is 0 Å². The Bertz CT molecular complexity index is 692. The standard InChI is InChI=1S/C23H38N4O4/c1-25-9-7-17(8-10-25)24-15-20-22(23(29)21(16-28)31-20)27-13-11-26(12-14-27)18-5-3-4-6-19(18)30-2/h3-6,17,20-24,28-29H,7-16H2,1-2H3/t20-,21+,22+,23-/m1/s1. The number of anilines is 1. The molecule has 4 rings (SSSR count). The van der Waals surface area contributed by atoms with E-state index >= 15 is 0 Å². The first-order valence-corrected chi connectivity index (χ1v) is 11.6. The number of piperazine rings is 1. The second-order valence-electron chi connectivity index (χ2n) is 9.06. The molecule has 0 aliphatic carbocycles. The van der Waals surface area contributed by atoms with Crippen LogP contribution in [0, 0.1) is 0 Å². The van der Waals surface area contributed by atoms with Gasteiger partial charge in [-0.05, 0) is 45.1 Å². The summed E-state index contributed by atoms with van der Waals surface area (Å²) >= 11 is 0. The molecule has 0 amide bonds. The summed E-state index contributed by atoms with van der Waals surface area (Å²) in [6.45, 7) is 6.19. The lowest BCUT2D eigenvalue weighted by atomic mass is 10.00. The third-order valence-corrected chi connectivity index (χ3v) is 7.13. The minimum absolute atomic E-state index is 0.101. The Labute approximate surface area is 185 Å². The van der Waals surface area contributed by atoms with E-state index in [4.69, 9.17) is 9.47 Å². The zero-order chi connectivity index (χ0) is 21.8. The number of aliphatic hydroxyl groups is 2. The van der Waals surface area contributed by atoms with Crippen LogP contribution >= 0.6 is 0 Å². The van der Waals surface area contributed by atoms with Gasteiger partial charge in [0.25, 0.3) is 0 Å². The number of hydrogen-bond acceptors (Lipinski definition) is 8. The quantitative estimate of drug-likeness (QED) is 0.553. The van der Waals surface area contributed by atoms with Gasteiger partial charge in [-0.1, -0.05) is 12.1 Å². The molecular weight excluding hydrogens is 396 g/mol. The van der Waals surface area contributed by atoms with Crippen LogP contribution < -0.4 is 15.0 Å². The van der Waals surface area contributed by atoms with E-state index in [9.17, 15) is 10.2 Å². The molecule has 3 saturated heterocycles. The van der Waals surface area contributed by atoms with Crippen molar-refractivity contribution in [2.75, 3.05) is 71.5 Å². The molecule has 4 atom stereocenters. The van der Waals surface area contributed by atoms with Gasteiger partial charge in [-0.15, -0.1) is 0 Å². The van der Waals surface area contributed by atoms with Gasteiger partial charge in [0, 0.05) is 38.8 Å². The number of hydrogen-bond donors (Lipinski definition) is 3. The van der Waals surface area contributed by atoms with E-state index in [-0.39, 0.29) is 18.8 Å². The molecule has 0 aromatic heterocycles. The van der Waals surface area contributed by atoms with E-state index in [0.717, 1.165) is 63.5 Å². The molecule has 0 radical (unpaired) electrons. The van der Waals surface area contributed by atoms with E-state index in [1.165, 1.54) is 0 Å². The van der Waals surface area contributed by atoms with Gasteiger partial charge in [0.2, 0.25) is 0 Å². The van der Waals surface area contributed by atoms with Crippen molar-refractivity contribution in [1.82, 2.24) is 15.1 Å². The maximum atomic E-state index is 10.9. The predicted octanol–water partition coefficient (Wildman–Crippen LogP) is -0.00980. The average molecular weight is 435 g/mol. The van der Waals surface area contributed by atoms with Gasteiger partial charge in [0.1, 0.15) is 18.0 Å². The summed E-state index contributed by atoms with van der Waals surface area (Å²) < 4.78 is 11.6. The van der Waals surface area contributed by atoms with Crippen LogP contribution in [0.25, 0.3) is 0 Å². The third kappa shape index (κ3) is 5.16. The normalized spacial score (nSPS) is 31.3. The zero-order valence-electron chi connectivity index (χ0n) is 18.8. The summed E-state index contributed by atoms with van der Waals surface area (Å²) in [6.07, 6.45) is 0.966. The average Bonchev–Trinajstić information content (AvgIpc) is 3.14. The fraction of sp³-hybridized carbons (Fsp3) is 0.739. The number of rotatable bonds is 7. The first-order chi connectivity index (χ1) is 15.1. The number of piperidine rings is 1. The van der Waals surface area contributed by atoms with Crippen molar-refractivity contribution < 1.29 is 19.7 Å². The van der Waals surface area contributed by atoms with Crippen LogP contribution in [0.4, 0.5) is 5.69 Å². The fourth-order valence-corrected chi connectivity index (χ4v) is 5.24. The largest absolute Gasteiger partial charge is 0.495 e. The highest BCUT2D eigenvalue weighted by molar-refractivity contribution is 5.58. The Balaban J connectivity index is 1.36. The number of methoxy groups -OCH3 is 1. The maximum Gasteiger partial charge on any atom is 0.142 e. The molecule has 0 bridgehead atoms.